The molecule has 0 bridgehead atoms. The second-order valence-corrected chi connectivity index (χ2v) is 4.57. The van der Waals surface area contributed by atoms with E-state index in [-0.39, 0.29) is 0 Å². The lowest BCUT2D eigenvalue weighted by molar-refractivity contribution is 0.382. The molecule has 1 rings (SSSR count). The first-order chi connectivity index (χ1) is 8.15. The van der Waals surface area contributed by atoms with Crippen molar-refractivity contribution in [2.75, 3.05) is 34.3 Å². The molecular weight excluding hydrogens is 212 g/mol. The lowest BCUT2D eigenvalue weighted by Crippen LogP contribution is -2.24. The van der Waals surface area contributed by atoms with Crippen molar-refractivity contribution < 1.29 is 4.74 Å². The van der Waals surface area contributed by atoms with E-state index in [0.29, 0.717) is 6.04 Å². The first-order valence-corrected chi connectivity index (χ1v) is 6.16. The van der Waals surface area contributed by atoms with Crippen LogP contribution in [-0.4, -0.2) is 39.2 Å². The van der Waals surface area contributed by atoms with Crippen LogP contribution in [0.1, 0.15) is 24.9 Å². The molecule has 0 amide bonds. The number of nitrogens with one attached hydrogen (secondary N) is 1. The predicted octanol–water partition coefficient (Wildman–Crippen LogP) is 2.30. The lowest BCUT2D eigenvalue weighted by Gasteiger charge is -2.18. The Balaban J connectivity index is 2.43. The maximum atomic E-state index is 5.36. The second kappa shape index (κ2) is 7.30. The molecule has 0 radical (unpaired) electrons. The molecule has 0 aliphatic rings. The molecule has 3 nitrogen and oxygen atoms in total. The van der Waals surface area contributed by atoms with Crippen LogP contribution in [0.2, 0.25) is 0 Å². The van der Waals surface area contributed by atoms with Gasteiger partial charge in [-0.05, 0) is 46.6 Å². The lowest BCUT2D eigenvalue weighted by atomic mass is 10.1. The van der Waals surface area contributed by atoms with Crippen molar-refractivity contribution in [3.63, 3.8) is 0 Å². The molecule has 1 N–H and O–H groups in total. The fraction of sp³-hybridized carbons (Fsp3) is 0.571. The summed E-state index contributed by atoms with van der Waals surface area (Å²) in [6.07, 6.45) is 1.16. The van der Waals surface area contributed by atoms with E-state index < -0.39 is 0 Å². The Bertz CT molecular complexity index is 326. The molecule has 0 aromatic heterocycles. The van der Waals surface area contributed by atoms with Gasteiger partial charge in [-0.25, -0.2) is 0 Å². The van der Waals surface area contributed by atoms with Crippen LogP contribution in [-0.2, 0) is 0 Å². The van der Waals surface area contributed by atoms with Gasteiger partial charge in [-0.15, -0.1) is 0 Å². The molecule has 1 unspecified atom stereocenters. The maximum Gasteiger partial charge on any atom is 0.123 e. The molecule has 0 heterocycles. The monoisotopic (exact) mass is 236 g/mol. The summed E-state index contributed by atoms with van der Waals surface area (Å²) in [5.74, 6) is 0.958. The highest BCUT2D eigenvalue weighted by Gasteiger charge is 2.09. The average Bonchev–Trinajstić information content (AvgIpc) is 2.34. The number of nitrogens with zero attached hydrogens (tertiary/aromatic N) is 1. The van der Waals surface area contributed by atoms with Crippen LogP contribution in [0.15, 0.2) is 24.3 Å². The van der Waals surface area contributed by atoms with Gasteiger partial charge < -0.3 is 15.0 Å². The number of ether oxygens (including phenoxy) is 1. The van der Waals surface area contributed by atoms with E-state index in [9.17, 15) is 0 Å². The van der Waals surface area contributed by atoms with Crippen LogP contribution in [0.3, 0.4) is 0 Å². The molecule has 3 heteroatoms. The van der Waals surface area contributed by atoms with Gasteiger partial charge in [0.15, 0.2) is 0 Å². The Morgan fingerprint density at radius 2 is 2.00 bits per heavy atom. The molecule has 0 fully saturated rings. The highest BCUT2D eigenvalue weighted by Crippen LogP contribution is 2.23. The van der Waals surface area contributed by atoms with Crippen LogP contribution < -0.4 is 10.1 Å². The molecule has 0 saturated carbocycles. The van der Waals surface area contributed by atoms with Crippen molar-refractivity contribution in [3.8, 4) is 5.75 Å². The molecule has 96 valence electrons. The molecule has 1 atom stereocenters. The zero-order chi connectivity index (χ0) is 12.7. The quantitative estimate of drug-likeness (QED) is 0.735. The summed E-state index contributed by atoms with van der Waals surface area (Å²) in [6, 6.07) is 8.50. The molecule has 0 aliphatic carbocycles. The van der Waals surface area contributed by atoms with Crippen molar-refractivity contribution in [2.24, 2.45) is 0 Å². The van der Waals surface area contributed by atoms with Gasteiger partial charge in [0.05, 0.1) is 7.11 Å². The topological polar surface area (TPSA) is 24.5 Å². The predicted molar refractivity (Wildman–Crippen MR) is 72.6 cm³/mol. The van der Waals surface area contributed by atoms with Crippen molar-refractivity contribution >= 4 is 0 Å². The van der Waals surface area contributed by atoms with Gasteiger partial charge in [-0.3, -0.25) is 0 Å². The second-order valence-electron chi connectivity index (χ2n) is 4.57. The standard InChI is InChI=1S/C14H24N2O/c1-12(15-10-7-11-16(2)3)13-8-5-6-9-14(13)17-4/h5-6,8-9,12,15H,7,10-11H2,1-4H3. The third-order valence-electron chi connectivity index (χ3n) is 2.84. The van der Waals surface area contributed by atoms with E-state index in [1.165, 1.54) is 5.56 Å². The summed E-state index contributed by atoms with van der Waals surface area (Å²) in [6.45, 7) is 4.32. The molecule has 0 aliphatic heterocycles. The zero-order valence-corrected chi connectivity index (χ0v) is 11.4. The molecule has 0 saturated heterocycles. The minimum absolute atomic E-state index is 0.327. The first-order valence-electron chi connectivity index (χ1n) is 6.16. The summed E-state index contributed by atoms with van der Waals surface area (Å²) in [5, 5.41) is 3.52. The number of hydrogen-bond donors (Lipinski definition) is 1. The van der Waals surface area contributed by atoms with Crippen LogP contribution >= 0.6 is 0 Å². The van der Waals surface area contributed by atoms with Gasteiger partial charge in [0.2, 0.25) is 0 Å². The van der Waals surface area contributed by atoms with Crippen LogP contribution in [0.4, 0.5) is 0 Å². The number of rotatable bonds is 7. The van der Waals surface area contributed by atoms with E-state index >= 15 is 0 Å². The van der Waals surface area contributed by atoms with Crippen molar-refractivity contribution in [3.05, 3.63) is 29.8 Å². The Labute approximate surface area is 105 Å². The Hall–Kier alpha value is -1.06. The summed E-state index contributed by atoms with van der Waals surface area (Å²) in [4.78, 5) is 2.20. The Kier molecular flexibility index (Phi) is 6.01. The van der Waals surface area contributed by atoms with Crippen molar-refractivity contribution in [1.82, 2.24) is 10.2 Å². The molecule has 17 heavy (non-hydrogen) atoms. The Morgan fingerprint density at radius 3 is 2.65 bits per heavy atom. The normalized spacial score (nSPS) is 12.8. The molecule has 1 aromatic carbocycles. The molecular formula is C14H24N2O. The number of methoxy groups -OCH3 is 1. The Morgan fingerprint density at radius 1 is 1.29 bits per heavy atom. The van der Waals surface area contributed by atoms with E-state index in [1.54, 1.807) is 7.11 Å². The smallest absolute Gasteiger partial charge is 0.123 e. The van der Waals surface area contributed by atoms with E-state index in [4.69, 9.17) is 4.74 Å². The van der Waals surface area contributed by atoms with E-state index in [2.05, 4.69) is 43.4 Å². The third kappa shape index (κ3) is 4.75. The highest BCUT2D eigenvalue weighted by atomic mass is 16.5. The number of benzene rings is 1. The summed E-state index contributed by atoms with van der Waals surface area (Å²) < 4.78 is 5.36. The van der Waals surface area contributed by atoms with Crippen LogP contribution in [0, 0.1) is 0 Å². The van der Waals surface area contributed by atoms with Gasteiger partial charge >= 0.3 is 0 Å². The van der Waals surface area contributed by atoms with E-state index in [1.807, 2.05) is 12.1 Å². The summed E-state index contributed by atoms with van der Waals surface area (Å²) >= 11 is 0. The molecule has 0 spiro atoms. The highest BCUT2D eigenvalue weighted by molar-refractivity contribution is 5.35. The van der Waals surface area contributed by atoms with Gasteiger partial charge in [-0.1, -0.05) is 18.2 Å². The van der Waals surface area contributed by atoms with Gasteiger partial charge in [-0.2, -0.15) is 0 Å². The number of para-hydroxylation sites is 1. The van der Waals surface area contributed by atoms with Gasteiger partial charge in [0.1, 0.15) is 5.75 Å². The minimum Gasteiger partial charge on any atom is -0.496 e. The minimum atomic E-state index is 0.327. The largest absolute Gasteiger partial charge is 0.496 e. The van der Waals surface area contributed by atoms with Gasteiger partial charge in [0.25, 0.3) is 0 Å². The fourth-order valence-electron chi connectivity index (χ4n) is 1.85. The van der Waals surface area contributed by atoms with Gasteiger partial charge in [0, 0.05) is 11.6 Å². The van der Waals surface area contributed by atoms with E-state index in [0.717, 1.165) is 25.3 Å². The fourth-order valence-corrected chi connectivity index (χ4v) is 1.85. The third-order valence-corrected chi connectivity index (χ3v) is 2.84. The summed E-state index contributed by atoms with van der Waals surface area (Å²) in [5.41, 5.74) is 1.22. The molecule has 1 aromatic rings. The van der Waals surface area contributed by atoms with Crippen molar-refractivity contribution in [2.45, 2.75) is 19.4 Å². The van der Waals surface area contributed by atoms with Crippen LogP contribution in [0.25, 0.3) is 0 Å². The first kappa shape index (κ1) is 14.0. The average molecular weight is 236 g/mol. The van der Waals surface area contributed by atoms with Crippen LogP contribution in [0.5, 0.6) is 5.75 Å². The number of hydrogen-bond acceptors (Lipinski definition) is 3. The van der Waals surface area contributed by atoms with Crippen molar-refractivity contribution in [1.29, 1.82) is 0 Å². The maximum absolute atomic E-state index is 5.36. The SMILES string of the molecule is COc1ccccc1C(C)NCCCN(C)C. The summed E-state index contributed by atoms with van der Waals surface area (Å²) in [7, 11) is 5.92. The zero-order valence-electron chi connectivity index (χ0n) is 11.4.